The van der Waals surface area contributed by atoms with E-state index in [9.17, 15) is 4.79 Å². The first-order valence-corrected chi connectivity index (χ1v) is 4.44. The lowest BCUT2D eigenvalue weighted by Crippen LogP contribution is -2.00. The molecule has 0 bridgehead atoms. The van der Waals surface area contributed by atoms with Gasteiger partial charge in [-0.15, -0.1) is 0 Å². The molecule has 1 aromatic heterocycles. The van der Waals surface area contributed by atoms with Crippen molar-refractivity contribution in [2.75, 3.05) is 5.73 Å². The van der Waals surface area contributed by atoms with E-state index < -0.39 is 0 Å². The van der Waals surface area contributed by atoms with Crippen LogP contribution in [0.4, 0.5) is 5.69 Å². The van der Waals surface area contributed by atoms with Crippen molar-refractivity contribution >= 4 is 12.0 Å². The van der Waals surface area contributed by atoms with Crippen LogP contribution >= 0.6 is 0 Å². The van der Waals surface area contributed by atoms with Crippen molar-refractivity contribution in [1.82, 2.24) is 9.97 Å². The molecule has 4 nitrogen and oxygen atoms in total. The first-order chi connectivity index (χ1) is 7.31. The van der Waals surface area contributed by atoms with Gasteiger partial charge >= 0.3 is 0 Å². The van der Waals surface area contributed by atoms with Gasteiger partial charge in [0, 0.05) is 5.56 Å². The van der Waals surface area contributed by atoms with Gasteiger partial charge in [-0.1, -0.05) is 30.3 Å². The fourth-order valence-electron chi connectivity index (χ4n) is 1.23. The number of nitrogens with two attached hydrogens (primary N) is 1. The van der Waals surface area contributed by atoms with Gasteiger partial charge in [-0.05, 0) is 0 Å². The van der Waals surface area contributed by atoms with Gasteiger partial charge in [0.25, 0.3) is 0 Å². The minimum Gasteiger partial charge on any atom is -0.396 e. The van der Waals surface area contributed by atoms with Crippen LogP contribution in [0.15, 0.2) is 36.5 Å². The SMILES string of the molecule is Nc1cnc(-c2ccccc2)nc1C=O. The number of aldehydes is 1. The number of hydrogen-bond acceptors (Lipinski definition) is 4. The van der Waals surface area contributed by atoms with Gasteiger partial charge in [0.2, 0.25) is 0 Å². The van der Waals surface area contributed by atoms with Crippen LogP contribution in [0.25, 0.3) is 11.4 Å². The number of anilines is 1. The van der Waals surface area contributed by atoms with Crippen molar-refractivity contribution in [2.24, 2.45) is 0 Å². The van der Waals surface area contributed by atoms with E-state index >= 15 is 0 Å². The second kappa shape index (κ2) is 3.88. The molecule has 2 rings (SSSR count). The molecule has 0 aliphatic heterocycles. The first-order valence-electron chi connectivity index (χ1n) is 4.44. The average molecular weight is 199 g/mol. The molecule has 0 amide bonds. The quantitative estimate of drug-likeness (QED) is 0.745. The number of rotatable bonds is 2. The molecule has 1 heterocycles. The Bertz CT molecular complexity index is 482. The van der Waals surface area contributed by atoms with Crippen LogP contribution < -0.4 is 5.73 Å². The Morgan fingerprint density at radius 2 is 1.93 bits per heavy atom. The standard InChI is InChI=1S/C11H9N3O/c12-9-6-13-11(14-10(9)7-15)8-4-2-1-3-5-8/h1-7H,12H2. The van der Waals surface area contributed by atoms with E-state index in [1.54, 1.807) is 0 Å². The molecule has 74 valence electrons. The van der Waals surface area contributed by atoms with Gasteiger partial charge in [0.05, 0.1) is 11.9 Å². The van der Waals surface area contributed by atoms with E-state index in [2.05, 4.69) is 9.97 Å². The zero-order chi connectivity index (χ0) is 10.7. The summed E-state index contributed by atoms with van der Waals surface area (Å²) in [5.41, 5.74) is 6.91. The van der Waals surface area contributed by atoms with Crippen LogP contribution in [0.2, 0.25) is 0 Å². The molecule has 0 saturated heterocycles. The third kappa shape index (κ3) is 1.83. The smallest absolute Gasteiger partial charge is 0.170 e. The molecule has 0 atom stereocenters. The lowest BCUT2D eigenvalue weighted by atomic mass is 10.2. The summed E-state index contributed by atoms with van der Waals surface area (Å²) in [6, 6.07) is 9.42. The highest BCUT2D eigenvalue weighted by atomic mass is 16.1. The number of nitrogen functional groups attached to an aromatic ring is 1. The maximum Gasteiger partial charge on any atom is 0.170 e. The predicted octanol–water partition coefficient (Wildman–Crippen LogP) is 1.54. The van der Waals surface area contributed by atoms with Crippen molar-refractivity contribution in [1.29, 1.82) is 0 Å². The van der Waals surface area contributed by atoms with Gasteiger partial charge in [-0.2, -0.15) is 0 Å². The number of aromatic nitrogens is 2. The Morgan fingerprint density at radius 1 is 1.20 bits per heavy atom. The molecule has 1 aromatic carbocycles. The highest BCUT2D eigenvalue weighted by Crippen LogP contribution is 2.15. The van der Waals surface area contributed by atoms with Crippen LogP contribution in [0.1, 0.15) is 10.5 Å². The van der Waals surface area contributed by atoms with E-state index in [0.717, 1.165) is 5.56 Å². The minimum atomic E-state index is 0.226. The fourth-order valence-corrected chi connectivity index (χ4v) is 1.23. The third-order valence-corrected chi connectivity index (χ3v) is 1.99. The van der Waals surface area contributed by atoms with Gasteiger partial charge in [-0.25, -0.2) is 9.97 Å². The molecule has 15 heavy (non-hydrogen) atoms. The lowest BCUT2D eigenvalue weighted by molar-refractivity contribution is 0.112. The monoisotopic (exact) mass is 199 g/mol. The minimum absolute atomic E-state index is 0.226. The first kappa shape index (κ1) is 9.33. The summed E-state index contributed by atoms with van der Waals surface area (Å²) in [6.07, 6.45) is 2.07. The fraction of sp³-hybridized carbons (Fsp3) is 0. The second-order valence-corrected chi connectivity index (χ2v) is 3.02. The molecule has 2 aromatic rings. The topological polar surface area (TPSA) is 68.9 Å². The van der Waals surface area contributed by atoms with Gasteiger partial charge in [0.1, 0.15) is 5.69 Å². The summed E-state index contributed by atoms with van der Waals surface area (Å²) in [5, 5.41) is 0. The van der Waals surface area contributed by atoms with Crippen LogP contribution in [0.3, 0.4) is 0 Å². The molecule has 2 N–H and O–H groups in total. The van der Waals surface area contributed by atoms with Crippen LogP contribution in [0.5, 0.6) is 0 Å². The summed E-state index contributed by atoms with van der Waals surface area (Å²) in [6.45, 7) is 0. The zero-order valence-electron chi connectivity index (χ0n) is 7.92. The highest BCUT2D eigenvalue weighted by molar-refractivity contribution is 5.80. The Balaban J connectivity index is 2.51. The number of benzene rings is 1. The third-order valence-electron chi connectivity index (χ3n) is 1.99. The van der Waals surface area contributed by atoms with Crippen LogP contribution in [-0.4, -0.2) is 16.3 Å². The molecule has 0 aliphatic rings. The van der Waals surface area contributed by atoms with Crippen LogP contribution in [-0.2, 0) is 0 Å². The van der Waals surface area contributed by atoms with E-state index in [1.807, 2.05) is 30.3 Å². The molecule has 0 saturated carbocycles. The molecule has 4 heteroatoms. The molecule has 0 radical (unpaired) electrons. The maximum absolute atomic E-state index is 10.6. The van der Waals surface area contributed by atoms with E-state index in [0.29, 0.717) is 17.8 Å². The number of carbonyl (C=O) groups excluding carboxylic acids is 1. The van der Waals surface area contributed by atoms with Crippen molar-refractivity contribution in [3.63, 3.8) is 0 Å². The zero-order valence-corrected chi connectivity index (χ0v) is 7.92. The van der Waals surface area contributed by atoms with Crippen molar-refractivity contribution in [2.45, 2.75) is 0 Å². The second-order valence-electron chi connectivity index (χ2n) is 3.02. The summed E-state index contributed by atoms with van der Waals surface area (Å²) in [4.78, 5) is 18.8. The number of carbonyl (C=O) groups is 1. The molecule has 0 unspecified atom stereocenters. The largest absolute Gasteiger partial charge is 0.396 e. The summed E-state index contributed by atoms with van der Waals surface area (Å²) < 4.78 is 0. The van der Waals surface area contributed by atoms with Crippen molar-refractivity contribution in [3.05, 3.63) is 42.2 Å². The van der Waals surface area contributed by atoms with E-state index in [-0.39, 0.29) is 5.69 Å². The Kier molecular flexibility index (Phi) is 2.41. The summed E-state index contributed by atoms with van der Waals surface area (Å²) >= 11 is 0. The van der Waals surface area contributed by atoms with Crippen molar-refractivity contribution < 1.29 is 4.79 Å². The number of nitrogens with zero attached hydrogens (tertiary/aromatic N) is 2. The summed E-state index contributed by atoms with van der Waals surface area (Å²) in [7, 11) is 0. The summed E-state index contributed by atoms with van der Waals surface area (Å²) in [5.74, 6) is 0.506. The number of hydrogen-bond donors (Lipinski definition) is 1. The Hall–Kier alpha value is -2.23. The van der Waals surface area contributed by atoms with Gasteiger partial charge < -0.3 is 5.73 Å². The maximum atomic E-state index is 10.6. The Labute approximate surface area is 86.8 Å². The predicted molar refractivity (Wildman–Crippen MR) is 57.3 cm³/mol. The van der Waals surface area contributed by atoms with E-state index in [4.69, 9.17) is 5.73 Å². The van der Waals surface area contributed by atoms with Gasteiger partial charge in [-0.3, -0.25) is 4.79 Å². The Morgan fingerprint density at radius 3 is 2.60 bits per heavy atom. The highest BCUT2D eigenvalue weighted by Gasteiger charge is 2.04. The van der Waals surface area contributed by atoms with Crippen molar-refractivity contribution in [3.8, 4) is 11.4 Å². The molecule has 0 fully saturated rings. The van der Waals surface area contributed by atoms with Gasteiger partial charge in [0.15, 0.2) is 12.1 Å². The van der Waals surface area contributed by atoms with Crippen LogP contribution in [0, 0.1) is 0 Å². The van der Waals surface area contributed by atoms with E-state index in [1.165, 1.54) is 6.20 Å². The molecule has 0 spiro atoms. The molecule has 0 aliphatic carbocycles. The lowest BCUT2D eigenvalue weighted by Gasteiger charge is -2.01. The molecular formula is C11H9N3O. The molecular weight excluding hydrogens is 190 g/mol. The normalized spacial score (nSPS) is 9.87. The average Bonchev–Trinajstić information content (AvgIpc) is 2.31.